The summed E-state index contributed by atoms with van der Waals surface area (Å²) in [5, 5.41) is 4.75. The number of hydrogen-bond donors (Lipinski definition) is 1. The molecule has 0 bridgehead atoms. The molecule has 0 aliphatic heterocycles. The number of benzene rings is 1. The zero-order chi connectivity index (χ0) is 15.7. The van der Waals surface area contributed by atoms with E-state index in [0.717, 1.165) is 6.42 Å². The van der Waals surface area contributed by atoms with E-state index in [-0.39, 0.29) is 17.7 Å². The van der Waals surface area contributed by atoms with Gasteiger partial charge in [0.15, 0.2) is 4.80 Å². The van der Waals surface area contributed by atoms with Gasteiger partial charge in [-0.25, -0.2) is 0 Å². The topological polar surface area (TPSA) is 63.5 Å². The Labute approximate surface area is 132 Å². The third-order valence-corrected chi connectivity index (χ3v) is 4.65. The van der Waals surface area contributed by atoms with Gasteiger partial charge in [0.05, 0.1) is 0 Å². The third-order valence-electron chi connectivity index (χ3n) is 3.80. The second kappa shape index (κ2) is 5.88. The molecule has 114 valence electrons. The van der Waals surface area contributed by atoms with Gasteiger partial charge in [0.25, 0.3) is 5.91 Å². The molecular formula is C16H17N3O2S. The van der Waals surface area contributed by atoms with Gasteiger partial charge in [-0.2, -0.15) is 4.99 Å². The lowest BCUT2D eigenvalue weighted by molar-refractivity contribution is -0.117. The number of hydrogen-bond acceptors (Lipinski definition) is 3. The maximum Gasteiger partial charge on any atom is 0.279 e. The molecule has 1 aromatic heterocycles. The van der Waals surface area contributed by atoms with Gasteiger partial charge in [-0.3, -0.25) is 9.59 Å². The van der Waals surface area contributed by atoms with Gasteiger partial charge < -0.3 is 9.88 Å². The van der Waals surface area contributed by atoms with Gasteiger partial charge in [0.1, 0.15) is 0 Å². The Morgan fingerprint density at radius 3 is 2.55 bits per heavy atom. The number of aromatic nitrogens is 1. The Morgan fingerprint density at radius 1 is 1.32 bits per heavy atom. The summed E-state index contributed by atoms with van der Waals surface area (Å²) in [6.07, 6.45) is 2.81. The third kappa shape index (κ3) is 3.17. The van der Waals surface area contributed by atoms with E-state index >= 15 is 0 Å². The van der Waals surface area contributed by atoms with Crippen LogP contribution in [0.3, 0.4) is 0 Å². The largest absolute Gasteiger partial charge is 0.327 e. The highest BCUT2D eigenvalue weighted by Crippen LogP contribution is 2.38. The summed E-state index contributed by atoms with van der Waals surface area (Å²) >= 11 is 1.41. The first-order valence-corrected chi connectivity index (χ1v) is 8.02. The summed E-state index contributed by atoms with van der Waals surface area (Å²) in [6.45, 7) is 2.07. The Morgan fingerprint density at radius 2 is 2.00 bits per heavy atom. The molecule has 3 rings (SSSR count). The van der Waals surface area contributed by atoms with Crippen LogP contribution in [0.2, 0.25) is 0 Å². The van der Waals surface area contributed by atoms with Crippen molar-refractivity contribution in [1.29, 1.82) is 0 Å². The molecule has 1 aliphatic carbocycles. The number of nitrogens with zero attached hydrogens (tertiary/aromatic N) is 2. The van der Waals surface area contributed by atoms with Crippen molar-refractivity contribution in [2.45, 2.75) is 13.3 Å². The molecule has 1 fully saturated rings. The van der Waals surface area contributed by atoms with E-state index in [0.29, 0.717) is 22.0 Å². The molecule has 1 aliphatic rings. The van der Waals surface area contributed by atoms with E-state index in [1.807, 2.05) is 18.6 Å². The quantitative estimate of drug-likeness (QED) is 0.945. The number of anilines is 1. The zero-order valence-corrected chi connectivity index (χ0v) is 13.3. The second-order valence-electron chi connectivity index (χ2n) is 5.60. The van der Waals surface area contributed by atoms with Crippen LogP contribution in [0.5, 0.6) is 0 Å². The number of amides is 2. The molecule has 2 unspecified atom stereocenters. The molecule has 1 aromatic carbocycles. The summed E-state index contributed by atoms with van der Waals surface area (Å²) in [6, 6.07) is 6.85. The Bertz CT molecular complexity index is 773. The maximum absolute atomic E-state index is 12.1. The van der Waals surface area contributed by atoms with Crippen LogP contribution in [0.4, 0.5) is 5.69 Å². The summed E-state index contributed by atoms with van der Waals surface area (Å²) < 4.78 is 1.80. The lowest BCUT2D eigenvalue weighted by Gasteiger charge is -2.04. The first-order chi connectivity index (χ1) is 10.5. The van der Waals surface area contributed by atoms with Gasteiger partial charge in [0.2, 0.25) is 5.91 Å². The average Bonchev–Trinajstić information content (AvgIpc) is 3.11. The lowest BCUT2D eigenvalue weighted by Crippen LogP contribution is -2.14. The van der Waals surface area contributed by atoms with Gasteiger partial charge >= 0.3 is 0 Å². The number of thiazole rings is 1. The molecule has 0 spiro atoms. The molecule has 2 amide bonds. The minimum absolute atomic E-state index is 0.0573. The fourth-order valence-electron chi connectivity index (χ4n) is 2.20. The molecule has 2 aromatic rings. The first-order valence-electron chi connectivity index (χ1n) is 7.14. The standard InChI is InChI=1S/C16H17N3O2S/c1-10-9-13(10)15(21)17-12-5-3-11(4-6-12)14(20)18-16-19(2)7-8-22-16/h3-8,10,13H,9H2,1-2H3,(H,17,21). The highest BCUT2D eigenvalue weighted by Gasteiger charge is 2.38. The predicted octanol–water partition coefficient (Wildman–Crippen LogP) is 2.42. The van der Waals surface area contributed by atoms with E-state index < -0.39 is 0 Å². The molecular weight excluding hydrogens is 298 g/mol. The Hall–Kier alpha value is -2.21. The number of carbonyl (C=O) groups is 2. The summed E-state index contributed by atoms with van der Waals surface area (Å²) in [5.41, 5.74) is 1.22. The maximum atomic E-state index is 12.1. The molecule has 0 saturated heterocycles. The highest BCUT2D eigenvalue weighted by atomic mass is 32.1. The van der Waals surface area contributed by atoms with Crippen LogP contribution in [0.15, 0.2) is 40.8 Å². The monoisotopic (exact) mass is 315 g/mol. The van der Waals surface area contributed by atoms with Crippen molar-refractivity contribution in [1.82, 2.24) is 4.57 Å². The van der Waals surface area contributed by atoms with Crippen LogP contribution >= 0.6 is 11.3 Å². The summed E-state index contributed by atoms with van der Waals surface area (Å²) in [5.74, 6) is 0.384. The van der Waals surface area contributed by atoms with Gasteiger partial charge in [0, 0.05) is 35.8 Å². The molecule has 5 nitrogen and oxygen atoms in total. The van der Waals surface area contributed by atoms with Crippen LogP contribution in [-0.4, -0.2) is 16.4 Å². The van der Waals surface area contributed by atoms with Gasteiger partial charge in [-0.05, 0) is 36.6 Å². The SMILES string of the molecule is CC1CC1C(=O)Nc1ccc(C(=O)N=c2sccn2C)cc1. The van der Waals surface area contributed by atoms with Crippen LogP contribution < -0.4 is 10.1 Å². The molecule has 0 radical (unpaired) electrons. The van der Waals surface area contributed by atoms with Crippen molar-refractivity contribution in [3.63, 3.8) is 0 Å². The van der Waals surface area contributed by atoms with Crippen molar-refractivity contribution in [2.75, 3.05) is 5.32 Å². The van der Waals surface area contributed by atoms with E-state index in [1.54, 1.807) is 28.8 Å². The number of carbonyl (C=O) groups excluding carboxylic acids is 2. The van der Waals surface area contributed by atoms with Crippen molar-refractivity contribution < 1.29 is 9.59 Å². The summed E-state index contributed by atoms with van der Waals surface area (Å²) in [7, 11) is 1.85. The smallest absolute Gasteiger partial charge is 0.279 e. The van der Waals surface area contributed by atoms with Crippen molar-refractivity contribution in [2.24, 2.45) is 23.9 Å². The predicted molar refractivity (Wildman–Crippen MR) is 85.5 cm³/mol. The first kappa shape index (κ1) is 14.7. The lowest BCUT2D eigenvalue weighted by atomic mass is 10.2. The average molecular weight is 315 g/mol. The number of nitrogens with one attached hydrogen (secondary N) is 1. The van der Waals surface area contributed by atoms with Crippen molar-refractivity contribution >= 4 is 28.8 Å². The van der Waals surface area contributed by atoms with E-state index in [4.69, 9.17) is 0 Å². The van der Waals surface area contributed by atoms with E-state index in [1.165, 1.54) is 11.3 Å². The van der Waals surface area contributed by atoms with E-state index in [2.05, 4.69) is 17.2 Å². The number of aryl methyl sites for hydroxylation is 1. The molecule has 2 atom stereocenters. The van der Waals surface area contributed by atoms with Crippen LogP contribution in [0.25, 0.3) is 0 Å². The highest BCUT2D eigenvalue weighted by molar-refractivity contribution is 7.07. The zero-order valence-electron chi connectivity index (χ0n) is 12.4. The van der Waals surface area contributed by atoms with Crippen LogP contribution in [0.1, 0.15) is 23.7 Å². The molecule has 1 saturated carbocycles. The molecule has 22 heavy (non-hydrogen) atoms. The molecule has 1 N–H and O–H groups in total. The molecule has 1 heterocycles. The van der Waals surface area contributed by atoms with Gasteiger partial charge in [-0.15, -0.1) is 11.3 Å². The molecule has 6 heteroatoms. The summed E-state index contributed by atoms with van der Waals surface area (Å²) in [4.78, 5) is 28.7. The minimum Gasteiger partial charge on any atom is -0.327 e. The van der Waals surface area contributed by atoms with Crippen molar-refractivity contribution in [3.8, 4) is 0 Å². The van der Waals surface area contributed by atoms with Gasteiger partial charge in [-0.1, -0.05) is 6.92 Å². The fourth-order valence-corrected chi connectivity index (χ4v) is 2.93. The van der Waals surface area contributed by atoms with Crippen LogP contribution in [-0.2, 0) is 11.8 Å². The normalized spacial score (nSPS) is 20.7. The minimum atomic E-state index is -0.285. The second-order valence-corrected chi connectivity index (χ2v) is 6.47. The van der Waals surface area contributed by atoms with Crippen LogP contribution in [0, 0.1) is 11.8 Å². The fraction of sp³-hybridized carbons (Fsp3) is 0.312. The van der Waals surface area contributed by atoms with Crippen molar-refractivity contribution in [3.05, 3.63) is 46.2 Å². The van der Waals surface area contributed by atoms with E-state index in [9.17, 15) is 9.59 Å². The number of rotatable bonds is 3. The Balaban J connectivity index is 1.70. The Kier molecular flexibility index (Phi) is 3.94.